The van der Waals surface area contributed by atoms with Crippen molar-refractivity contribution in [3.8, 4) is 11.1 Å². The van der Waals surface area contributed by atoms with Gasteiger partial charge in [-0.25, -0.2) is 4.79 Å². The van der Waals surface area contributed by atoms with Crippen LogP contribution in [-0.2, 0) is 14.3 Å². The monoisotopic (exact) mass is 466 g/mol. The standard InChI is InChI=1S/C27H34N2O5/c1-17(2)23(13-25(31)32)29-24(30)14-27(3,4)16-28-26(33)34-15-22-20-11-7-5-9-18(20)19-10-6-8-12-21(19)22/h5-12,17,22-23H,13-16H2,1-4H3,(H,28,33)(H,29,30)(H,31,32)/t23-/m1/s1. The summed E-state index contributed by atoms with van der Waals surface area (Å²) in [4.78, 5) is 36.0. The Balaban J connectivity index is 1.51. The molecule has 0 saturated heterocycles. The summed E-state index contributed by atoms with van der Waals surface area (Å²) in [5, 5.41) is 14.6. The third kappa shape index (κ3) is 6.37. The van der Waals surface area contributed by atoms with E-state index in [0.717, 1.165) is 11.1 Å². The smallest absolute Gasteiger partial charge is 0.407 e. The van der Waals surface area contributed by atoms with Crippen molar-refractivity contribution in [2.24, 2.45) is 11.3 Å². The maximum Gasteiger partial charge on any atom is 0.407 e. The number of carboxylic acid groups (broad SMARTS) is 1. The molecular formula is C27H34N2O5. The van der Waals surface area contributed by atoms with Crippen molar-refractivity contribution in [2.75, 3.05) is 13.2 Å². The predicted molar refractivity (Wildman–Crippen MR) is 130 cm³/mol. The Morgan fingerprint density at radius 2 is 1.56 bits per heavy atom. The Kier molecular flexibility index (Phi) is 7.97. The van der Waals surface area contributed by atoms with E-state index in [1.165, 1.54) is 11.1 Å². The number of nitrogens with one attached hydrogen (secondary N) is 2. The van der Waals surface area contributed by atoms with E-state index in [4.69, 9.17) is 9.84 Å². The number of alkyl carbamates (subject to hydrolysis) is 1. The molecule has 182 valence electrons. The number of ether oxygens (including phenoxy) is 1. The lowest BCUT2D eigenvalue weighted by molar-refractivity contribution is -0.138. The van der Waals surface area contributed by atoms with E-state index >= 15 is 0 Å². The highest BCUT2D eigenvalue weighted by atomic mass is 16.5. The van der Waals surface area contributed by atoms with Gasteiger partial charge in [-0.1, -0.05) is 76.2 Å². The zero-order valence-corrected chi connectivity index (χ0v) is 20.3. The van der Waals surface area contributed by atoms with Crippen molar-refractivity contribution in [3.05, 3.63) is 59.7 Å². The molecule has 0 heterocycles. The first kappa shape index (κ1) is 25.3. The van der Waals surface area contributed by atoms with Crippen LogP contribution in [0.25, 0.3) is 11.1 Å². The number of hydrogen-bond acceptors (Lipinski definition) is 4. The summed E-state index contributed by atoms with van der Waals surface area (Å²) in [6, 6.07) is 15.9. The minimum Gasteiger partial charge on any atom is -0.481 e. The third-order valence-electron chi connectivity index (χ3n) is 6.24. The fourth-order valence-electron chi connectivity index (χ4n) is 4.36. The number of rotatable bonds is 10. The number of amides is 2. The van der Waals surface area contributed by atoms with Crippen molar-refractivity contribution < 1.29 is 24.2 Å². The summed E-state index contributed by atoms with van der Waals surface area (Å²) >= 11 is 0. The molecule has 2 aromatic carbocycles. The van der Waals surface area contributed by atoms with Crippen LogP contribution in [0.4, 0.5) is 4.79 Å². The second-order valence-electron chi connectivity index (χ2n) is 10.0. The van der Waals surface area contributed by atoms with Gasteiger partial charge >= 0.3 is 12.1 Å². The molecule has 3 rings (SSSR count). The van der Waals surface area contributed by atoms with Gasteiger partial charge in [0.25, 0.3) is 0 Å². The lowest BCUT2D eigenvalue weighted by atomic mass is 9.88. The van der Waals surface area contributed by atoms with Crippen LogP contribution in [-0.4, -0.2) is 42.3 Å². The lowest BCUT2D eigenvalue weighted by Gasteiger charge is -2.27. The largest absolute Gasteiger partial charge is 0.481 e. The molecule has 1 atom stereocenters. The summed E-state index contributed by atoms with van der Waals surface area (Å²) in [6.45, 7) is 7.97. The Morgan fingerprint density at radius 1 is 1.00 bits per heavy atom. The first-order chi connectivity index (χ1) is 16.1. The number of carbonyl (C=O) groups is 3. The first-order valence-corrected chi connectivity index (χ1v) is 11.7. The predicted octanol–water partition coefficient (Wildman–Crippen LogP) is 4.56. The van der Waals surface area contributed by atoms with Gasteiger partial charge in [0.2, 0.25) is 5.91 Å². The summed E-state index contributed by atoms with van der Waals surface area (Å²) in [6.07, 6.45) is -0.497. The lowest BCUT2D eigenvalue weighted by Crippen LogP contribution is -2.43. The summed E-state index contributed by atoms with van der Waals surface area (Å²) in [5.41, 5.74) is 4.10. The van der Waals surface area contributed by atoms with Gasteiger partial charge in [0.1, 0.15) is 6.61 Å². The number of carboxylic acids is 1. The van der Waals surface area contributed by atoms with Gasteiger partial charge in [-0.05, 0) is 33.6 Å². The average molecular weight is 467 g/mol. The van der Waals surface area contributed by atoms with E-state index in [-0.39, 0.29) is 43.7 Å². The maximum atomic E-state index is 12.5. The van der Waals surface area contributed by atoms with Gasteiger partial charge < -0.3 is 20.5 Å². The average Bonchev–Trinajstić information content (AvgIpc) is 3.09. The topological polar surface area (TPSA) is 105 Å². The molecule has 2 aromatic rings. The molecule has 0 aliphatic heterocycles. The quantitative estimate of drug-likeness (QED) is 0.476. The van der Waals surface area contributed by atoms with E-state index in [9.17, 15) is 14.4 Å². The fourth-order valence-corrected chi connectivity index (χ4v) is 4.36. The molecule has 1 aliphatic carbocycles. The van der Waals surface area contributed by atoms with Crippen molar-refractivity contribution in [3.63, 3.8) is 0 Å². The van der Waals surface area contributed by atoms with Gasteiger partial charge in [0.05, 0.1) is 6.42 Å². The molecule has 0 bridgehead atoms. The van der Waals surface area contributed by atoms with Gasteiger partial charge in [-0.15, -0.1) is 0 Å². The van der Waals surface area contributed by atoms with Crippen LogP contribution in [0.5, 0.6) is 0 Å². The van der Waals surface area contributed by atoms with E-state index in [0.29, 0.717) is 0 Å². The molecule has 3 N–H and O–H groups in total. The van der Waals surface area contributed by atoms with Gasteiger partial charge in [0.15, 0.2) is 0 Å². The summed E-state index contributed by atoms with van der Waals surface area (Å²) in [7, 11) is 0. The molecule has 2 amide bonds. The second kappa shape index (κ2) is 10.7. The third-order valence-corrected chi connectivity index (χ3v) is 6.24. The van der Waals surface area contributed by atoms with Crippen LogP contribution in [0.1, 0.15) is 57.6 Å². The van der Waals surface area contributed by atoms with Crippen LogP contribution in [0.3, 0.4) is 0 Å². The van der Waals surface area contributed by atoms with Crippen molar-refractivity contribution in [1.29, 1.82) is 0 Å². The van der Waals surface area contributed by atoms with Crippen molar-refractivity contribution in [1.82, 2.24) is 10.6 Å². The minimum absolute atomic E-state index is 0.00196. The molecular weight excluding hydrogens is 432 g/mol. The Hall–Kier alpha value is -3.35. The highest BCUT2D eigenvalue weighted by Gasteiger charge is 2.30. The SMILES string of the molecule is CC(C)[C@@H](CC(=O)O)NC(=O)CC(C)(C)CNC(=O)OCC1c2ccccc2-c2ccccc21. The Morgan fingerprint density at radius 3 is 2.09 bits per heavy atom. The van der Waals surface area contributed by atoms with E-state index in [1.807, 2.05) is 52.0 Å². The minimum atomic E-state index is -0.949. The number of hydrogen-bond donors (Lipinski definition) is 3. The fraction of sp³-hybridized carbons (Fsp3) is 0.444. The van der Waals surface area contributed by atoms with Crippen LogP contribution >= 0.6 is 0 Å². The molecule has 0 spiro atoms. The molecule has 0 aromatic heterocycles. The normalized spacial score (nSPS) is 13.7. The van der Waals surface area contributed by atoms with Crippen LogP contribution in [0, 0.1) is 11.3 Å². The summed E-state index contributed by atoms with van der Waals surface area (Å²) in [5.74, 6) is -1.20. The van der Waals surface area contributed by atoms with E-state index in [2.05, 4.69) is 34.9 Å². The van der Waals surface area contributed by atoms with Crippen LogP contribution in [0.15, 0.2) is 48.5 Å². The van der Waals surface area contributed by atoms with Crippen LogP contribution < -0.4 is 10.6 Å². The van der Waals surface area contributed by atoms with Crippen molar-refractivity contribution >= 4 is 18.0 Å². The number of aliphatic carboxylic acids is 1. The molecule has 34 heavy (non-hydrogen) atoms. The van der Waals surface area contributed by atoms with Gasteiger partial charge in [-0.2, -0.15) is 0 Å². The summed E-state index contributed by atoms with van der Waals surface area (Å²) < 4.78 is 5.56. The van der Waals surface area contributed by atoms with Gasteiger partial charge in [-0.3, -0.25) is 9.59 Å². The first-order valence-electron chi connectivity index (χ1n) is 11.7. The van der Waals surface area contributed by atoms with Gasteiger partial charge in [0, 0.05) is 24.9 Å². The Bertz CT molecular complexity index is 1000. The number of benzene rings is 2. The number of carbonyl (C=O) groups excluding carboxylic acids is 2. The molecule has 7 heteroatoms. The van der Waals surface area contributed by atoms with E-state index in [1.54, 1.807) is 0 Å². The molecule has 1 aliphatic rings. The van der Waals surface area contributed by atoms with Crippen LogP contribution in [0.2, 0.25) is 0 Å². The zero-order valence-electron chi connectivity index (χ0n) is 20.3. The molecule has 0 radical (unpaired) electrons. The molecule has 0 fully saturated rings. The molecule has 0 saturated carbocycles. The number of fused-ring (bicyclic) bond motifs is 3. The molecule has 0 unspecified atom stereocenters. The maximum absolute atomic E-state index is 12.5. The highest BCUT2D eigenvalue weighted by molar-refractivity contribution is 5.79. The Labute approximate surface area is 200 Å². The molecule has 7 nitrogen and oxygen atoms in total. The highest BCUT2D eigenvalue weighted by Crippen LogP contribution is 2.44. The zero-order chi connectivity index (χ0) is 24.9. The second-order valence-corrected chi connectivity index (χ2v) is 10.0. The van der Waals surface area contributed by atoms with Crippen molar-refractivity contribution in [2.45, 2.75) is 52.5 Å². The van der Waals surface area contributed by atoms with E-state index < -0.39 is 23.5 Å².